The van der Waals surface area contributed by atoms with Crippen LogP contribution in [-0.4, -0.2) is 18.6 Å². The molecule has 3 aromatic rings. The standard InChI is InChI=1S/C25H25NO2/c1-17-14-18(2)24(28-16-17)15-19-10-12-21(13-11-19)26-25(27)23-9-5-7-20-6-3-4-8-22(20)23/h3-13,17-18,24H,15-16H2,1-2H3,(H,26,27). The molecule has 2 radical (unpaired) electrons. The Balaban J connectivity index is 1.43. The lowest BCUT2D eigenvalue weighted by Crippen LogP contribution is -2.34. The topological polar surface area (TPSA) is 38.3 Å². The molecule has 3 aromatic carbocycles. The molecule has 1 fully saturated rings. The molecule has 28 heavy (non-hydrogen) atoms. The van der Waals surface area contributed by atoms with E-state index in [1.165, 1.54) is 5.56 Å². The fraction of sp³-hybridized carbons (Fsp3) is 0.280. The Morgan fingerprint density at radius 2 is 1.79 bits per heavy atom. The van der Waals surface area contributed by atoms with Crippen LogP contribution in [0.3, 0.4) is 0 Å². The van der Waals surface area contributed by atoms with E-state index in [1.807, 2.05) is 54.6 Å². The van der Waals surface area contributed by atoms with Gasteiger partial charge in [-0.2, -0.15) is 0 Å². The van der Waals surface area contributed by atoms with Crippen molar-refractivity contribution in [2.24, 2.45) is 11.8 Å². The van der Waals surface area contributed by atoms with Gasteiger partial charge < -0.3 is 10.1 Å². The SMILES string of the molecule is CC1[C]C(C)C(Cc2ccc(NC(=O)c3cccc4ccccc34)cc2)OC1. The fourth-order valence-corrected chi connectivity index (χ4v) is 3.83. The molecular formula is C25H25NO2. The van der Waals surface area contributed by atoms with Gasteiger partial charge in [0.15, 0.2) is 0 Å². The Morgan fingerprint density at radius 1 is 1.04 bits per heavy atom. The summed E-state index contributed by atoms with van der Waals surface area (Å²) in [6, 6.07) is 21.8. The van der Waals surface area contributed by atoms with Gasteiger partial charge in [0.1, 0.15) is 0 Å². The summed E-state index contributed by atoms with van der Waals surface area (Å²) in [5, 5.41) is 5.04. The first-order valence-electron chi connectivity index (χ1n) is 9.86. The highest BCUT2D eigenvalue weighted by Crippen LogP contribution is 2.26. The normalized spacial score (nSPS) is 22.1. The molecule has 3 unspecified atom stereocenters. The summed E-state index contributed by atoms with van der Waals surface area (Å²) >= 11 is 0. The lowest BCUT2D eigenvalue weighted by atomic mass is 9.87. The van der Waals surface area contributed by atoms with E-state index in [0.29, 0.717) is 17.4 Å². The first kappa shape index (κ1) is 18.7. The molecule has 1 aliphatic rings. The molecule has 3 nitrogen and oxygen atoms in total. The van der Waals surface area contributed by atoms with Crippen LogP contribution in [0.1, 0.15) is 29.8 Å². The summed E-state index contributed by atoms with van der Waals surface area (Å²) in [5.41, 5.74) is 2.69. The van der Waals surface area contributed by atoms with Crippen LogP contribution < -0.4 is 5.32 Å². The van der Waals surface area contributed by atoms with Crippen LogP contribution in [0.15, 0.2) is 66.7 Å². The minimum atomic E-state index is -0.0908. The van der Waals surface area contributed by atoms with E-state index in [2.05, 4.69) is 37.7 Å². The number of nitrogens with one attached hydrogen (secondary N) is 1. The fourth-order valence-electron chi connectivity index (χ4n) is 3.83. The van der Waals surface area contributed by atoms with E-state index in [-0.39, 0.29) is 12.0 Å². The van der Waals surface area contributed by atoms with Gasteiger partial charge >= 0.3 is 0 Å². The van der Waals surface area contributed by atoms with Crippen LogP contribution >= 0.6 is 0 Å². The third-order valence-electron chi connectivity index (χ3n) is 5.35. The Morgan fingerprint density at radius 3 is 2.57 bits per heavy atom. The third-order valence-corrected chi connectivity index (χ3v) is 5.35. The van der Waals surface area contributed by atoms with Crippen LogP contribution in [0.2, 0.25) is 0 Å². The smallest absolute Gasteiger partial charge is 0.256 e. The summed E-state index contributed by atoms with van der Waals surface area (Å²) in [7, 11) is 0. The van der Waals surface area contributed by atoms with E-state index in [0.717, 1.165) is 29.5 Å². The Labute approximate surface area is 166 Å². The molecule has 0 saturated carbocycles. The van der Waals surface area contributed by atoms with Crippen LogP contribution in [0.4, 0.5) is 5.69 Å². The zero-order valence-electron chi connectivity index (χ0n) is 16.3. The molecule has 3 heteroatoms. The molecule has 1 saturated heterocycles. The lowest BCUT2D eigenvalue weighted by Gasteiger charge is -2.32. The number of amides is 1. The van der Waals surface area contributed by atoms with Gasteiger partial charge in [0, 0.05) is 11.3 Å². The monoisotopic (exact) mass is 371 g/mol. The van der Waals surface area contributed by atoms with E-state index >= 15 is 0 Å². The molecule has 4 rings (SSSR count). The van der Waals surface area contributed by atoms with E-state index in [9.17, 15) is 4.79 Å². The van der Waals surface area contributed by atoms with Crippen molar-refractivity contribution < 1.29 is 9.53 Å². The Bertz CT molecular complexity index is 958. The van der Waals surface area contributed by atoms with Crippen molar-refractivity contribution in [3.8, 4) is 0 Å². The molecule has 142 valence electrons. The molecule has 1 aliphatic heterocycles. The number of benzene rings is 3. The van der Waals surface area contributed by atoms with Gasteiger partial charge in [0.05, 0.1) is 12.7 Å². The second-order valence-corrected chi connectivity index (χ2v) is 7.61. The average Bonchev–Trinajstić information content (AvgIpc) is 2.71. The Kier molecular flexibility index (Phi) is 5.45. The zero-order valence-corrected chi connectivity index (χ0v) is 16.3. The summed E-state index contributed by atoms with van der Waals surface area (Å²) in [5.74, 6) is 0.638. The minimum Gasteiger partial charge on any atom is -0.377 e. The van der Waals surface area contributed by atoms with Crippen LogP contribution in [-0.2, 0) is 11.2 Å². The summed E-state index contributed by atoms with van der Waals surface area (Å²) in [6.45, 7) is 5.05. The van der Waals surface area contributed by atoms with Crippen molar-refractivity contribution in [1.82, 2.24) is 0 Å². The van der Waals surface area contributed by atoms with Gasteiger partial charge in [-0.05, 0) is 59.2 Å². The predicted octanol–water partition coefficient (Wildman–Crippen LogP) is 5.39. The largest absolute Gasteiger partial charge is 0.377 e. The second-order valence-electron chi connectivity index (χ2n) is 7.61. The maximum Gasteiger partial charge on any atom is 0.256 e. The summed E-state index contributed by atoms with van der Waals surface area (Å²) in [4.78, 5) is 12.8. The number of rotatable bonds is 4. The van der Waals surface area contributed by atoms with Gasteiger partial charge in [0.25, 0.3) is 5.91 Å². The van der Waals surface area contributed by atoms with Gasteiger partial charge in [-0.3, -0.25) is 4.79 Å². The number of carbonyl (C=O) groups is 1. The van der Waals surface area contributed by atoms with Crippen LogP contribution in [0, 0.1) is 18.3 Å². The maximum atomic E-state index is 12.8. The highest BCUT2D eigenvalue weighted by Gasteiger charge is 2.26. The van der Waals surface area contributed by atoms with Gasteiger partial charge in [-0.1, -0.05) is 62.4 Å². The van der Waals surface area contributed by atoms with Crippen molar-refractivity contribution in [1.29, 1.82) is 0 Å². The molecular weight excluding hydrogens is 346 g/mol. The van der Waals surface area contributed by atoms with E-state index in [1.54, 1.807) is 0 Å². The minimum absolute atomic E-state index is 0.0908. The van der Waals surface area contributed by atoms with E-state index < -0.39 is 0 Å². The first-order chi connectivity index (χ1) is 13.6. The maximum absolute atomic E-state index is 12.8. The molecule has 0 aromatic heterocycles. The first-order valence-corrected chi connectivity index (χ1v) is 9.86. The molecule has 0 bridgehead atoms. The predicted molar refractivity (Wildman–Crippen MR) is 113 cm³/mol. The number of hydrogen-bond acceptors (Lipinski definition) is 2. The number of anilines is 1. The molecule has 0 spiro atoms. The van der Waals surface area contributed by atoms with Gasteiger partial charge in [-0.25, -0.2) is 0 Å². The zero-order chi connectivity index (χ0) is 19.5. The van der Waals surface area contributed by atoms with Gasteiger partial charge in [0.2, 0.25) is 0 Å². The molecule has 3 atom stereocenters. The number of hydrogen-bond donors (Lipinski definition) is 1. The number of fused-ring (bicyclic) bond motifs is 1. The average molecular weight is 371 g/mol. The van der Waals surface area contributed by atoms with Crippen molar-refractivity contribution in [3.05, 3.63) is 84.3 Å². The van der Waals surface area contributed by atoms with Crippen LogP contribution in [0.5, 0.6) is 0 Å². The van der Waals surface area contributed by atoms with Crippen molar-refractivity contribution in [2.45, 2.75) is 26.4 Å². The number of carbonyl (C=O) groups excluding carboxylic acids is 1. The molecule has 1 heterocycles. The van der Waals surface area contributed by atoms with Gasteiger partial charge in [-0.15, -0.1) is 0 Å². The molecule has 1 amide bonds. The molecule has 1 N–H and O–H groups in total. The summed E-state index contributed by atoms with van der Waals surface area (Å²) in [6.07, 6.45) is 4.57. The van der Waals surface area contributed by atoms with Crippen molar-refractivity contribution >= 4 is 22.4 Å². The number of ether oxygens (including phenoxy) is 1. The molecule has 0 aliphatic carbocycles. The summed E-state index contributed by atoms with van der Waals surface area (Å²) < 4.78 is 5.97. The highest BCUT2D eigenvalue weighted by molar-refractivity contribution is 6.12. The van der Waals surface area contributed by atoms with Crippen molar-refractivity contribution in [2.75, 3.05) is 11.9 Å². The van der Waals surface area contributed by atoms with Crippen LogP contribution in [0.25, 0.3) is 10.8 Å². The van der Waals surface area contributed by atoms with Crippen molar-refractivity contribution in [3.63, 3.8) is 0 Å². The third kappa shape index (κ3) is 4.10. The van der Waals surface area contributed by atoms with E-state index in [4.69, 9.17) is 4.74 Å². The second kappa shape index (κ2) is 8.15. The highest BCUT2D eigenvalue weighted by atomic mass is 16.5. The quantitative estimate of drug-likeness (QED) is 0.668. The Hall–Kier alpha value is -2.65. The lowest BCUT2D eigenvalue weighted by molar-refractivity contribution is -0.0183.